The van der Waals surface area contributed by atoms with Gasteiger partial charge in [0.05, 0.1) is 6.04 Å². The zero-order valence-corrected chi connectivity index (χ0v) is 13.1. The molecule has 0 saturated heterocycles. The highest BCUT2D eigenvalue weighted by Gasteiger charge is 2.16. The second kappa shape index (κ2) is 6.55. The third-order valence-corrected chi connectivity index (χ3v) is 3.72. The van der Waals surface area contributed by atoms with Gasteiger partial charge in [0.2, 0.25) is 0 Å². The normalized spacial score (nSPS) is 12.2. The Kier molecular flexibility index (Phi) is 5.00. The van der Waals surface area contributed by atoms with Crippen molar-refractivity contribution in [2.45, 2.75) is 19.4 Å². The molecule has 1 N–H and O–H groups in total. The van der Waals surface area contributed by atoms with E-state index in [1.807, 2.05) is 19.1 Å². The van der Waals surface area contributed by atoms with Crippen molar-refractivity contribution in [3.05, 3.63) is 63.1 Å². The molecular formula is C15H13BrClF2N. The van der Waals surface area contributed by atoms with Crippen molar-refractivity contribution in [2.75, 3.05) is 5.32 Å². The molecule has 0 aliphatic rings. The lowest BCUT2D eigenvalue weighted by Gasteiger charge is -2.20. The molecular weight excluding hydrogens is 348 g/mol. The van der Waals surface area contributed by atoms with Crippen LogP contribution in [-0.4, -0.2) is 0 Å². The summed E-state index contributed by atoms with van der Waals surface area (Å²) in [6, 6.07) is 9.50. The number of halogens is 4. The van der Waals surface area contributed by atoms with Crippen LogP contribution in [0.15, 0.2) is 40.9 Å². The number of benzene rings is 2. The highest BCUT2D eigenvalue weighted by molar-refractivity contribution is 9.10. The van der Waals surface area contributed by atoms with Crippen LogP contribution in [0, 0.1) is 11.6 Å². The topological polar surface area (TPSA) is 12.0 Å². The van der Waals surface area contributed by atoms with Crippen LogP contribution < -0.4 is 5.32 Å². The van der Waals surface area contributed by atoms with Crippen molar-refractivity contribution in [3.8, 4) is 0 Å². The smallest absolute Gasteiger partial charge is 0.150 e. The summed E-state index contributed by atoms with van der Waals surface area (Å²) in [5, 5.41) is 3.54. The first kappa shape index (κ1) is 15.3. The molecule has 0 aliphatic heterocycles. The van der Waals surface area contributed by atoms with E-state index in [0.717, 1.165) is 5.56 Å². The number of anilines is 1. The molecule has 0 heterocycles. The molecule has 2 rings (SSSR count). The van der Waals surface area contributed by atoms with Crippen molar-refractivity contribution in [1.82, 2.24) is 0 Å². The maximum atomic E-state index is 13.8. The van der Waals surface area contributed by atoms with E-state index in [1.165, 1.54) is 12.1 Å². The number of hydrogen-bond acceptors (Lipinski definition) is 1. The summed E-state index contributed by atoms with van der Waals surface area (Å²) in [5.74, 6) is -1.24. The van der Waals surface area contributed by atoms with Crippen LogP contribution in [0.3, 0.4) is 0 Å². The van der Waals surface area contributed by atoms with E-state index in [1.54, 1.807) is 12.1 Å². The lowest BCUT2D eigenvalue weighted by atomic mass is 10.0. The summed E-state index contributed by atoms with van der Waals surface area (Å²) in [6.07, 6.45) is 0.691. The molecule has 0 amide bonds. The van der Waals surface area contributed by atoms with Gasteiger partial charge in [-0.3, -0.25) is 0 Å². The van der Waals surface area contributed by atoms with Crippen molar-refractivity contribution in [1.29, 1.82) is 0 Å². The minimum atomic E-state index is -0.621. The SMILES string of the molecule is CCC(Nc1c(F)cc(Br)cc1F)c1ccc(Cl)cc1. The highest BCUT2D eigenvalue weighted by atomic mass is 79.9. The molecule has 5 heteroatoms. The number of nitrogens with one attached hydrogen (secondary N) is 1. The maximum absolute atomic E-state index is 13.8. The monoisotopic (exact) mass is 359 g/mol. The third-order valence-electron chi connectivity index (χ3n) is 3.01. The molecule has 1 atom stereocenters. The molecule has 2 aromatic carbocycles. The largest absolute Gasteiger partial charge is 0.374 e. The second-order valence-corrected chi connectivity index (χ2v) is 5.75. The van der Waals surface area contributed by atoms with Gasteiger partial charge in [-0.1, -0.05) is 46.6 Å². The van der Waals surface area contributed by atoms with Crippen molar-refractivity contribution < 1.29 is 8.78 Å². The molecule has 0 bridgehead atoms. The van der Waals surface area contributed by atoms with Crippen LogP contribution in [0.1, 0.15) is 24.9 Å². The molecule has 0 aromatic heterocycles. The first-order valence-corrected chi connectivity index (χ1v) is 7.35. The molecule has 0 spiro atoms. The van der Waals surface area contributed by atoms with Gasteiger partial charge in [0.1, 0.15) is 17.3 Å². The highest BCUT2D eigenvalue weighted by Crippen LogP contribution is 2.29. The zero-order valence-electron chi connectivity index (χ0n) is 10.8. The summed E-state index contributed by atoms with van der Waals surface area (Å²) >= 11 is 8.90. The van der Waals surface area contributed by atoms with Gasteiger partial charge in [-0.2, -0.15) is 0 Å². The fourth-order valence-corrected chi connectivity index (χ4v) is 2.50. The van der Waals surface area contributed by atoms with E-state index in [2.05, 4.69) is 21.2 Å². The first-order chi connectivity index (χ1) is 9.51. The second-order valence-electron chi connectivity index (χ2n) is 4.40. The average molecular weight is 361 g/mol. The summed E-state index contributed by atoms with van der Waals surface area (Å²) < 4.78 is 28.0. The summed E-state index contributed by atoms with van der Waals surface area (Å²) in [7, 11) is 0. The van der Waals surface area contributed by atoms with Gasteiger partial charge < -0.3 is 5.32 Å². The fraction of sp³-hybridized carbons (Fsp3) is 0.200. The van der Waals surface area contributed by atoms with Crippen LogP contribution in [0.4, 0.5) is 14.5 Å². The Morgan fingerprint density at radius 1 is 1.15 bits per heavy atom. The Morgan fingerprint density at radius 3 is 2.20 bits per heavy atom. The van der Waals surface area contributed by atoms with Gasteiger partial charge in [0.25, 0.3) is 0 Å². The molecule has 1 unspecified atom stereocenters. The van der Waals surface area contributed by atoms with Crippen molar-refractivity contribution in [3.63, 3.8) is 0 Å². The van der Waals surface area contributed by atoms with Crippen LogP contribution in [0.5, 0.6) is 0 Å². The lowest BCUT2D eigenvalue weighted by Crippen LogP contribution is -2.12. The van der Waals surface area contributed by atoms with Crippen LogP contribution >= 0.6 is 27.5 Å². The van der Waals surface area contributed by atoms with Gasteiger partial charge in [-0.05, 0) is 36.2 Å². The fourth-order valence-electron chi connectivity index (χ4n) is 1.97. The van der Waals surface area contributed by atoms with Crippen LogP contribution in [0.2, 0.25) is 5.02 Å². The molecule has 2 aromatic rings. The van der Waals surface area contributed by atoms with E-state index in [0.29, 0.717) is 15.9 Å². The quantitative estimate of drug-likeness (QED) is 0.711. The van der Waals surface area contributed by atoms with Gasteiger partial charge in [-0.15, -0.1) is 0 Å². The van der Waals surface area contributed by atoms with E-state index in [4.69, 9.17) is 11.6 Å². The van der Waals surface area contributed by atoms with E-state index in [9.17, 15) is 8.78 Å². The van der Waals surface area contributed by atoms with E-state index >= 15 is 0 Å². The van der Waals surface area contributed by atoms with E-state index in [-0.39, 0.29) is 11.7 Å². The predicted molar refractivity (Wildman–Crippen MR) is 82.2 cm³/mol. The molecule has 0 aliphatic carbocycles. The van der Waals surface area contributed by atoms with Gasteiger partial charge in [-0.25, -0.2) is 8.78 Å². The third kappa shape index (κ3) is 3.49. The lowest BCUT2D eigenvalue weighted by molar-refractivity contribution is 0.579. The summed E-state index contributed by atoms with van der Waals surface area (Å²) in [4.78, 5) is 0. The Labute approximate surface area is 130 Å². The number of hydrogen-bond donors (Lipinski definition) is 1. The standard InChI is InChI=1S/C15H13BrClF2N/c1-2-14(9-3-5-11(17)6-4-9)20-15-12(18)7-10(16)8-13(15)19/h3-8,14,20H,2H2,1H3. The summed E-state index contributed by atoms with van der Waals surface area (Å²) in [6.45, 7) is 1.95. The van der Waals surface area contributed by atoms with Crippen molar-refractivity contribution >= 4 is 33.2 Å². The Hall–Kier alpha value is -1.13. The Balaban J connectivity index is 2.29. The summed E-state index contributed by atoms with van der Waals surface area (Å²) in [5.41, 5.74) is 0.814. The minimum Gasteiger partial charge on any atom is -0.374 e. The molecule has 106 valence electrons. The molecule has 0 saturated carbocycles. The molecule has 20 heavy (non-hydrogen) atoms. The Bertz CT molecular complexity index is 578. The first-order valence-electron chi connectivity index (χ1n) is 6.17. The van der Waals surface area contributed by atoms with Gasteiger partial charge in [0, 0.05) is 9.50 Å². The van der Waals surface area contributed by atoms with Crippen molar-refractivity contribution in [2.24, 2.45) is 0 Å². The minimum absolute atomic E-state index is 0.116. The average Bonchev–Trinajstić information content (AvgIpc) is 2.39. The van der Waals surface area contributed by atoms with Crippen LogP contribution in [-0.2, 0) is 0 Å². The zero-order chi connectivity index (χ0) is 14.7. The van der Waals surface area contributed by atoms with E-state index < -0.39 is 11.6 Å². The number of rotatable bonds is 4. The van der Waals surface area contributed by atoms with Gasteiger partial charge in [0.15, 0.2) is 0 Å². The maximum Gasteiger partial charge on any atom is 0.150 e. The Morgan fingerprint density at radius 2 is 1.70 bits per heavy atom. The molecule has 1 nitrogen and oxygen atoms in total. The predicted octanol–water partition coefficient (Wildman–Crippen LogP) is 5.94. The van der Waals surface area contributed by atoms with Gasteiger partial charge >= 0.3 is 0 Å². The van der Waals surface area contributed by atoms with Crippen LogP contribution in [0.25, 0.3) is 0 Å². The molecule has 0 radical (unpaired) electrons. The molecule has 0 fully saturated rings.